The number of aliphatic hydroxyl groups is 1. The van der Waals surface area contributed by atoms with Gasteiger partial charge in [0.15, 0.2) is 29.6 Å². The van der Waals surface area contributed by atoms with Gasteiger partial charge in [0, 0.05) is 24.6 Å². The number of halogens is 5. The Balaban J connectivity index is 1.49. The number of benzene rings is 3. The van der Waals surface area contributed by atoms with E-state index in [4.69, 9.17) is 9.47 Å². The Labute approximate surface area is 317 Å². The Bertz CT molecular complexity index is 1550. The van der Waals surface area contributed by atoms with E-state index >= 15 is 0 Å². The highest BCUT2D eigenvalue weighted by atomic mass is 19.2. The third-order valence-electron chi connectivity index (χ3n) is 10.4. The fourth-order valence-corrected chi connectivity index (χ4v) is 6.98. The van der Waals surface area contributed by atoms with Crippen LogP contribution in [0.15, 0.2) is 48.5 Å². The lowest BCUT2D eigenvalue weighted by atomic mass is 9.90. The molecule has 4 atom stereocenters. The zero-order valence-corrected chi connectivity index (χ0v) is 32.0. The molecule has 1 heterocycles. The Morgan fingerprint density at radius 3 is 1.69 bits per heavy atom. The molecule has 0 aromatic heterocycles. The number of hydrogen-bond acceptors (Lipinski definition) is 5. The van der Waals surface area contributed by atoms with Gasteiger partial charge < -0.3 is 24.8 Å². The first-order chi connectivity index (χ1) is 26.1. The molecule has 0 spiro atoms. The monoisotopic (exact) mass is 760 g/mol. The van der Waals surface area contributed by atoms with Crippen LogP contribution >= 0.6 is 0 Å². The molecule has 11 heteroatoms. The van der Waals surface area contributed by atoms with Crippen LogP contribution in [0.4, 0.5) is 22.0 Å². The van der Waals surface area contributed by atoms with Gasteiger partial charge in [0.2, 0.25) is 5.82 Å². The number of carbonyl (C=O) groups excluding carboxylic acids is 1. The highest BCUT2D eigenvalue weighted by molar-refractivity contribution is 5.94. The van der Waals surface area contributed by atoms with E-state index in [1.807, 2.05) is 24.3 Å². The average molecular weight is 761 g/mol. The highest BCUT2D eigenvalue weighted by Crippen LogP contribution is 2.42. The third kappa shape index (κ3) is 12.1. The van der Waals surface area contributed by atoms with Crippen molar-refractivity contribution in [3.63, 3.8) is 0 Å². The van der Waals surface area contributed by atoms with Crippen LogP contribution in [0.3, 0.4) is 0 Å². The summed E-state index contributed by atoms with van der Waals surface area (Å²) >= 11 is 0. The van der Waals surface area contributed by atoms with Gasteiger partial charge in [0.25, 0.3) is 5.91 Å². The summed E-state index contributed by atoms with van der Waals surface area (Å²) in [6.07, 6.45) is 13.5. The molecule has 4 rings (SSSR count). The largest absolute Gasteiger partial charge is 0.392 e. The van der Waals surface area contributed by atoms with E-state index in [1.165, 1.54) is 64.2 Å². The maximum atomic E-state index is 14.2. The molecule has 0 bridgehead atoms. The molecule has 0 saturated carbocycles. The Hall–Kier alpha value is -3.38. The fourth-order valence-electron chi connectivity index (χ4n) is 6.98. The van der Waals surface area contributed by atoms with Crippen LogP contribution in [-0.2, 0) is 22.6 Å². The molecular weight excluding hydrogens is 703 g/mol. The van der Waals surface area contributed by atoms with Crippen molar-refractivity contribution in [2.24, 2.45) is 5.92 Å². The van der Waals surface area contributed by atoms with Crippen LogP contribution in [0, 0.1) is 35.0 Å². The van der Waals surface area contributed by atoms with E-state index in [0.717, 1.165) is 49.2 Å². The lowest BCUT2D eigenvalue weighted by molar-refractivity contribution is -0.276. The van der Waals surface area contributed by atoms with Crippen LogP contribution in [0.25, 0.3) is 0 Å². The molecule has 6 nitrogen and oxygen atoms in total. The maximum absolute atomic E-state index is 14.2. The minimum absolute atomic E-state index is 0.00856. The summed E-state index contributed by atoms with van der Waals surface area (Å²) in [6, 6.07) is 14.7. The fraction of sp³-hybridized carbons (Fsp3) is 0.558. The topological polar surface area (TPSA) is 71.0 Å². The van der Waals surface area contributed by atoms with Gasteiger partial charge in [-0.25, -0.2) is 22.0 Å². The molecule has 1 aliphatic rings. The van der Waals surface area contributed by atoms with E-state index < -0.39 is 46.8 Å². The van der Waals surface area contributed by atoms with Gasteiger partial charge in [0.1, 0.15) is 5.56 Å². The summed E-state index contributed by atoms with van der Waals surface area (Å²) < 4.78 is 82.5. The van der Waals surface area contributed by atoms with E-state index in [0.29, 0.717) is 5.56 Å². The molecule has 1 saturated heterocycles. The number of ether oxygens (including phenoxy) is 2. The number of hydrogen-bond donors (Lipinski definition) is 2. The van der Waals surface area contributed by atoms with Gasteiger partial charge in [-0.1, -0.05) is 134 Å². The predicted octanol–water partition coefficient (Wildman–Crippen LogP) is 10.6. The molecule has 0 radical (unpaired) electrons. The van der Waals surface area contributed by atoms with Crippen molar-refractivity contribution in [2.45, 2.75) is 129 Å². The van der Waals surface area contributed by atoms with E-state index in [1.54, 1.807) is 24.3 Å². The number of nitrogens with one attached hydrogen (secondary N) is 1. The van der Waals surface area contributed by atoms with Crippen molar-refractivity contribution >= 4 is 5.91 Å². The summed E-state index contributed by atoms with van der Waals surface area (Å²) in [7, 11) is 0. The zero-order valence-electron chi connectivity index (χ0n) is 32.0. The number of carbonyl (C=O) groups is 1. The molecule has 1 aliphatic heterocycles. The molecule has 1 fully saturated rings. The SMILES string of the molecule is CCCCCCCCN(CCCCCCCC)C[C@@H]1O[C@H](c2ccc(CNC(=O)c3c(F)c(F)c(F)c(F)c3F)cc2)O[C@H](c2ccc(CO)cc2)[C@@H]1C. The molecule has 1 amide bonds. The van der Waals surface area contributed by atoms with E-state index in [9.17, 15) is 31.9 Å². The molecule has 0 aliphatic carbocycles. The van der Waals surface area contributed by atoms with Crippen molar-refractivity contribution in [1.82, 2.24) is 10.2 Å². The second kappa shape index (κ2) is 22.2. The van der Waals surface area contributed by atoms with Gasteiger partial charge in [-0.15, -0.1) is 0 Å². The summed E-state index contributed by atoms with van der Waals surface area (Å²) in [5, 5.41) is 11.9. The first-order valence-corrected chi connectivity index (χ1v) is 19.7. The lowest BCUT2D eigenvalue weighted by Crippen LogP contribution is -2.45. The predicted molar refractivity (Wildman–Crippen MR) is 200 cm³/mol. The average Bonchev–Trinajstić information content (AvgIpc) is 3.19. The molecule has 298 valence electrons. The zero-order chi connectivity index (χ0) is 39.0. The highest BCUT2D eigenvalue weighted by Gasteiger charge is 2.39. The number of aliphatic hydroxyl groups excluding tert-OH is 1. The molecule has 3 aromatic carbocycles. The summed E-state index contributed by atoms with van der Waals surface area (Å²) in [5.41, 5.74) is 1.49. The van der Waals surface area contributed by atoms with Crippen LogP contribution in [0.5, 0.6) is 0 Å². The van der Waals surface area contributed by atoms with Crippen LogP contribution < -0.4 is 5.32 Å². The lowest BCUT2D eigenvalue weighted by Gasteiger charge is -2.43. The van der Waals surface area contributed by atoms with Crippen molar-refractivity contribution in [1.29, 1.82) is 0 Å². The molecule has 54 heavy (non-hydrogen) atoms. The van der Waals surface area contributed by atoms with Crippen molar-refractivity contribution in [2.75, 3.05) is 19.6 Å². The van der Waals surface area contributed by atoms with Gasteiger partial charge >= 0.3 is 0 Å². The second-order valence-electron chi connectivity index (χ2n) is 14.5. The summed E-state index contributed by atoms with van der Waals surface area (Å²) in [6.45, 7) is 9.07. The molecule has 3 aromatic rings. The minimum atomic E-state index is -2.33. The number of unbranched alkanes of at least 4 members (excludes halogenated alkanes) is 10. The molecular formula is C43H57F5N2O4. The van der Waals surface area contributed by atoms with Gasteiger partial charge in [-0.3, -0.25) is 4.79 Å². The normalized spacial score (nSPS) is 18.7. The molecule has 0 unspecified atom stereocenters. The van der Waals surface area contributed by atoms with Crippen LogP contribution in [0.1, 0.15) is 143 Å². The standard InChI is InChI=1S/C43H57F5N2O4/c1-4-6-8-10-12-14-24-50(25-15-13-11-9-7-5-2)27-34-29(3)41(32-20-18-31(28-51)19-21-32)54-43(53-34)33-22-16-30(17-23-33)26-49-42(52)35-36(44)38(46)40(48)39(47)37(35)45/h16-23,29,34,41,43,51H,4-15,24-28H2,1-3H3,(H,49,52)/t29-,34+,41+,43+/m1/s1. The maximum Gasteiger partial charge on any atom is 0.257 e. The molecule has 2 N–H and O–H groups in total. The van der Waals surface area contributed by atoms with Crippen molar-refractivity contribution in [3.8, 4) is 0 Å². The van der Waals surface area contributed by atoms with Gasteiger partial charge in [-0.05, 0) is 42.6 Å². The van der Waals surface area contributed by atoms with E-state index in [2.05, 4.69) is 31.0 Å². The Kier molecular flexibility index (Phi) is 17.9. The summed E-state index contributed by atoms with van der Waals surface area (Å²) in [4.78, 5) is 15.0. The van der Waals surface area contributed by atoms with Crippen molar-refractivity contribution in [3.05, 3.63) is 105 Å². The van der Waals surface area contributed by atoms with Crippen LogP contribution in [-0.4, -0.2) is 41.7 Å². The first kappa shape index (κ1) is 43.3. The summed E-state index contributed by atoms with van der Waals surface area (Å²) in [5.74, 6) is -12.5. The number of amides is 1. The van der Waals surface area contributed by atoms with Crippen molar-refractivity contribution < 1.29 is 41.3 Å². The number of rotatable bonds is 22. The third-order valence-corrected chi connectivity index (χ3v) is 10.4. The Morgan fingerprint density at radius 1 is 0.667 bits per heavy atom. The number of nitrogens with zero attached hydrogens (tertiary/aromatic N) is 1. The smallest absolute Gasteiger partial charge is 0.257 e. The second-order valence-corrected chi connectivity index (χ2v) is 14.5. The Morgan fingerprint density at radius 2 is 1.15 bits per heavy atom. The van der Waals surface area contributed by atoms with Gasteiger partial charge in [0.05, 0.1) is 18.8 Å². The van der Waals surface area contributed by atoms with E-state index in [-0.39, 0.29) is 31.3 Å². The van der Waals surface area contributed by atoms with Gasteiger partial charge in [-0.2, -0.15) is 0 Å². The minimum Gasteiger partial charge on any atom is -0.392 e. The quantitative estimate of drug-likeness (QED) is 0.0462. The first-order valence-electron chi connectivity index (χ1n) is 19.7. The van der Waals surface area contributed by atoms with Crippen LogP contribution in [0.2, 0.25) is 0 Å².